The molecule has 0 radical (unpaired) electrons. The summed E-state index contributed by atoms with van der Waals surface area (Å²) in [6.45, 7) is 5.94. The molecule has 0 bridgehead atoms. The van der Waals surface area contributed by atoms with Crippen LogP contribution in [0.3, 0.4) is 0 Å². The smallest absolute Gasteiger partial charge is 0.332 e. The van der Waals surface area contributed by atoms with E-state index in [9.17, 15) is 9.59 Å². The van der Waals surface area contributed by atoms with Gasteiger partial charge in [0.05, 0.1) is 0 Å². The van der Waals surface area contributed by atoms with Crippen molar-refractivity contribution in [2.45, 2.75) is 33.4 Å². The molecular weight excluding hydrogens is 246 g/mol. The van der Waals surface area contributed by atoms with Crippen LogP contribution in [0.1, 0.15) is 26.8 Å². The number of hydrogen-bond donors (Lipinski definition) is 1. The van der Waals surface area contributed by atoms with E-state index in [1.165, 1.54) is 4.57 Å². The third-order valence-electron chi connectivity index (χ3n) is 3.25. The van der Waals surface area contributed by atoms with Crippen LogP contribution in [-0.4, -0.2) is 25.7 Å². The molecule has 0 aliphatic heterocycles. The Morgan fingerprint density at radius 3 is 2.42 bits per heavy atom. The number of anilines is 1. The molecule has 104 valence electrons. The molecule has 2 rings (SSSR count). The number of fused-ring (bicyclic) bond motifs is 1. The number of imidazole rings is 1. The lowest BCUT2D eigenvalue weighted by atomic mass is 10.3. The lowest BCUT2D eigenvalue weighted by Gasteiger charge is -2.13. The van der Waals surface area contributed by atoms with E-state index in [2.05, 4.69) is 10.3 Å². The summed E-state index contributed by atoms with van der Waals surface area (Å²) in [7, 11) is 3.50. The van der Waals surface area contributed by atoms with Crippen molar-refractivity contribution in [2.75, 3.05) is 12.4 Å². The SMILES string of the molecule is CCn1c(=O)c2c(nc(NC)n2C)n(C(C)C)c1=O. The normalized spacial score (nSPS) is 11.5. The molecule has 2 aromatic heterocycles. The summed E-state index contributed by atoms with van der Waals surface area (Å²) in [5.41, 5.74) is 0.271. The molecule has 0 amide bonds. The second-order valence-electron chi connectivity index (χ2n) is 4.71. The second-order valence-corrected chi connectivity index (χ2v) is 4.71. The van der Waals surface area contributed by atoms with Gasteiger partial charge in [0.1, 0.15) is 0 Å². The second kappa shape index (κ2) is 4.56. The van der Waals surface area contributed by atoms with Gasteiger partial charge >= 0.3 is 5.69 Å². The van der Waals surface area contributed by atoms with Crippen LogP contribution in [0.15, 0.2) is 9.59 Å². The number of nitrogens with zero attached hydrogens (tertiary/aromatic N) is 4. The highest BCUT2D eigenvalue weighted by molar-refractivity contribution is 5.74. The summed E-state index contributed by atoms with van der Waals surface area (Å²) in [6, 6.07) is -0.0620. The van der Waals surface area contributed by atoms with Crippen molar-refractivity contribution in [1.82, 2.24) is 18.7 Å². The first-order valence-corrected chi connectivity index (χ1v) is 6.33. The average molecular weight is 265 g/mol. The van der Waals surface area contributed by atoms with Gasteiger partial charge in [-0.15, -0.1) is 0 Å². The van der Waals surface area contributed by atoms with Crippen LogP contribution in [0.4, 0.5) is 5.95 Å². The van der Waals surface area contributed by atoms with Crippen molar-refractivity contribution in [3.8, 4) is 0 Å². The minimum absolute atomic E-state index is 0.0620. The molecular formula is C12H19N5O2. The number of aromatic nitrogens is 4. The van der Waals surface area contributed by atoms with E-state index in [-0.39, 0.29) is 17.3 Å². The summed E-state index contributed by atoms with van der Waals surface area (Å²) < 4.78 is 4.48. The van der Waals surface area contributed by atoms with Crippen LogP contribution in [-0.2, 0) is 13.6 Å². The Bertz CT molecular complexity index is 735. The largest absolute Gasteiger partial charge is 0.359 e. The highest BCUT2D eigenvalue weighted by Gasteiger charge is 2.20. The zero-order valence-electron chi connectivity index (χ0n) is 11.9. The number of rotatable bonds is 3. The van der Waals surface area contributed by atoms with Gasteiger partial charge in [0, 0.05) is 26.7 Å². The van der Waals surface area contributed by atoms with Gasteiger partial charge in [0.2, 0.25) is 5.95 Å². The van der Waals surface area contributed by atoms with Gasteiger partial charge in [-0.25, -0.2) is 4.79 Å². The van der Waals surface area contributed by atoms with Crippen molar-refractivity contribution in [3.63, 3.8) is 0 Å². The molecule has 2 aromatic rings. The first kappa shape index (κ1) is 13.4. The van der Waals surface area contributed by atoms with E-state index in [1.54, 1.807) is 30.2 Å². The molecule has 19 heavy (non-hydrogen) atoms. The van der Waals surface area contributed by atoms with E-state index in [4.69, 9.17) is 0 Å². The summed E-state index contributed by atoms with van der Waals surface area (Å²) in [5.74, 6) is 0.565. The highest BCUT2D eigenvalue weighted by Crippen LogP contribution is 2.16. The maximum absolute atomic E-state index is 12.4. The summed E-state index contributed by atoms with van der Waals surface area (Å²) in [6.07, 6.45) is 0. The van der Waals surface area contributed by atoms with Crippen molar-refractivity contribution in [2.24, 2.45) is 7.05 Å². The molecule has 0 saturated carbocycles. The molecule has 0 aliphatic rings. The molecule has 2 heterocycles. The zero-order valence-corrected chi connectivity index (χ0v) is 11.9. The molecule has 0 aliphatic carbocycles. The molecule has 0 aromatic carbocycles. The molecule has 0 fully saturated rings. The van der Waals surface area contributed by atoms with Crippen LogP contribution >= 0.6 is 0 Å². The van der Waals surface area contributed by atoms with E-state index in [0.717, 1.165) is 0 Å². The highest BCUT2D eigenvalue weighted by atomic mass is 16.2. The predicted molar refractivity (Wildman–Crippen MR) is 74.8 cm³/mol. The summed E-state index contributed by atoms with van der Waals surface area (Å²) in [4.78, 5) is 29.1. The van der Waals surface area contributed by atoms with Crippen LogP contribution in [0.5, 0.6) is 0 Å². The molecule has 7 nitrogen and oxygen atoms in total. The van der Waals surface area contributed by atoms with Gasteiger partial charge in [-0.1, -0.05) is 0 Å². The quantitative estimate of drug-likeness (QED) is 0.879. The van der Waals surface area contributed by atoms with Crippen molar-refractivity contribution < 1.29 is 0 Å². The van der Waals surface area contributed by atoms with Crippen LogP contribution < -0.4 is 16.6 Å². The van der Waals surface area contributed by atoms with E-state index >= 15 is 0 Å². The third kappa shape index (κ3) is 1.76. The van der Waals surface area contributed by atoms with E-state index in [1.807, 2.05) is 13.8 Å². The summed E-state index contributed by atoms with van der Waals surface area (Å²) >= 11 is 0. The molecule has 1 N–H and O–H groups in total. The third-order valence-corrected chi connectivity index (χ3v) is 3.25. The van der Waals surface area contributed by atoms with Crippen molar-refractivity contribution >= 4 is 17.1 Å². The van der Waals surface area contributed by atoms with Crippen LogP contribution in [0, 0.1) is 0 Å². The van der Waals surface area contributed by atoms with Crippen molar-refractivity contribution in [1.29, 1.82) is 0 Å². The number of hydrogen-bond acceptors (Lipinski definition) is 4. The van der Waals surface area contributed by atoms with Gasteiger partial charge in [0.25, 0.3) is 5.56 Å². The van der Waals surface area contributed by atoms with Gasteiger partial charge < -0.3 is 9.88 Å². The van der Waals surface area contributed by atoms with Crippen LogP contribution in [0.25, 0.3) is 11.2 Å². The first-order chi connectivity index (χ1) is 8.93. The lowest BCUT2D eigenvalue weighted by molar-refractivity contribution is 0.533. The Hall–Kier alpha value is -2.05. The standard InChI is InChI=1S/C12H19N5O2/c1-6-16-10(18)8-9(14-11(13-4)15(8)5)17(7(2)3)12(16)19/h7H,6H2,1-5H3,(H,13,14). The van der Waals surface area contributed by atoms with Crippen molar-refractivity contribution in [3.05, 3.63) is 20.8 Å². The van der Waals surface area contributed by atoms with Gasteiger partial charge in [-0.3, -0.25) is 13.9 Å². The fourth-order valence-corrected chi connectivity index (χ4v) is 2.29. The molecule has 0 atom stereocenters. The Labute approximate surface area is 110 Å². The maximum Gasteiger partial charge on any atom is 0.332 e. The Balaban J connectivity index is 3.09. The maximum atomic E-state index is 12.4. The Morgan fingerprint density at radius 1 is 1.32 bits per heavy atom. The minimum atomic E-state index is -0.309. The molecule has 0 spiro atoms. The fraction of sp³-hybridized carbons (Fsp3) is 0.583. The average Bonchev–Trinajstić information content (AvgIpc) is 2.66. The zero-order chi connectivity index (χ0) is 14.3. The molecule has 0 unspecified atom stereocenters. The first-order valence-electron chi connectivity index (χ1n) is 6.33. The molecule has 7 heteroatoms. The Kier molecular flexibility index (Phi) is 3.21. The predicted octanol–water partition coefficient (Wildman–Crippen LogP) is 0.539. The van der Waals surface area contributed by atoms with E-state index in [0.29, 0.717) is 23.7 Å². The van der Waals surface area contributed by atoms with E-state index < -0.39 is 0 Å². The van der Waals surface area contributed by atoms with Gasteiger partial charge in [0.15, 0.2) is 11.2 Å². The van der Waals surface area contributed by atoms with Gasteiger partial charge in [-0.05, 0) is 20.8 Å². The Morgan fingerprint density at radius 2 is 1.95 bits per heavy atom. The summed E-state index contributed by atoms with van der Waals surface area (Å²) in [5, 5.41) is 2.92. The van der Waals surface area contributed by atoms with Crippen LogP contribution in [0.2, 0.25) is 0 Å². The van der Waals surface area contributed by atoms with Gasteiger partial charge in [-0.2, -0.15) is 4.98 Å². The lowest BCUT2D eigenvalue weighted by Crippen LogP contribution is -2.40. The minimum Gasteiger partial charge on any atom is -0.359 e. The number of aryl methyl sites for hydroxylation is 1. The molecule has 0 saturated heterocycles. The fourth-order valence-electron chi connectivity index (χ4n) is 2.29. The number of nitrogens with one attached hydrogen (secondary N) is 1. The topological polar surface area (TPSA) is 73.8 Å². The monoisotopic (exact) mass is 265 g/mol.